The van der Waals surface area contributed by atoms with Crippen LogP contribution < -0.4 is 4.74 Å². The van der Waals surface area contributed by atoms with Gasteiger partial charge in [-0.05, 0) is 42.7 Å². The van der Waals surface area contributed by atoms with Gasteiger partial charge in [0.25, 0.3) is 0 Å². The van der Waals surface area contributed by atoms with Crippen molar-refractivity contribution in [3.8, 4) is 5.75 Å². The summed E-state index contributed by atoms with van der Waals surface area (Å²) in [6, 6.07) is 8.27. The van der Waals surface area contributed by atoms with Gasteiger partial charge in [0.05, 0.1) is 6.61 Å². The van der Waals surface area contributed by atoms with Gasteiger partial charge >= 0.3 is 0 Å². The van der Waals surface area contributed by atoms with Crippen molar-refractivity contribution in [2.75, 3.05) is 20.2 Å². The van der Waals surface area contributed by atoms with Gasteiger partial charge in [-0.25, -0.2) is 0 Å². The lowest BCUT2D eigenvalue weighted by atomic mass is 10.0. The minimum atomic E-state index is 0.157. The first-order valence-corrected chi connectivity index (χ1v) is 7.95. The molecule has 0 unspecified atom stereocenters. The van der Waals surface area contributed by atoms with Gasteiger partial charge in [-0.15, -0.1) is 0 Å². The molecule has 0 saturated carbocycles. The molecule has 1 aromatic rings. The molecule has 0 radical (unpaired) electrons. The lowest BCUT2D eigenvalue weighted by Gasteiger charge is -2.18. The highest BCUT2D eigenvalue weighted by atomic mass is 16.5. The largest absolute Gasteiger partial charge is 0.462 e. The van der Waals surface area contributed by atoms with E-state index in [-0.39, 0.29) is 6.61 Å². The van der Waals surface area contributed by atoms with E-state index in [9.17, 15) is 0 Å². The number of aliphatic hydroxyl groups excluding tert-OH is 1. The minimum absolute atomic E-state index is 0.157. The van der Waals surface area contributed by atoms with Gasteiger partial charge in [-0.2, -0.15) is 0 Å². The Morgan fingerprint density at radius 1 is 1.23 bits per heavy atom. The molecule has 3 heteroatoms. The number of nitrogens with zero attached hydrogens (tertiary/aromatic N) is 1. The SMILES string of the molecule is CC/C(=C\C=C(/C)N(C)CCO)Oc1ccc(C(C)C)cc1. The number of hydrogen-bond acceptors (Lipinski definition) is 3. The second-order valence-electron chi connectivity index (χ2n) is 5.77. The first-order valence-electron chi connectivity index (χ1n) is 7.95. The van der Waals surface area contributed by atoms with Gasteiger partial charge in [0, 0.05) is 25.7 Å². The summed E-state index contributed by atoms with van der Waals surface area (Å²) >= 11 is 0. The van der Waals surface area contributed by atoms with E-state index in [4.69, 9.17) is 9.84 Å². The second-order valence-corrected chi connectivity index (χ2v) is 5.77. The normalized spacial score (nSPS) is 12.7. The Kier molecular flexibility index (Phi) is 7.75. The van der Waals surface area contributed by atoms with Crippen LogP contribution in [0.1, 0.15) is 45.6 Å². The third-order valence-electron chi connectivity index (χ3n) is 3.69. The zero-order valence-corrected chi connectivity index (χ0v) is 14.5. The van der Waals surface area contributed by atoms with Crippen LogP contribution in [0.2, 0.25) is 0 Å². The van der Waals surface area contributed by atoms with E-state index in [2.05, 4.69) is 32.9 Å². The van der Waals surface area contributed by atoms with Crippen molar-refractivity contribution in [1.82, 2.24) is 4.90 Å². The molecule has 1 aromatic carbocycles. The molecule has 0 aromatic heterocycles. The van der Waals surface area contributed by atoms with Crippen molar-refractivity contribution in [3.63, 3.8) is 0 Å². The van der Waals surface area contributed by atoms with Gasteiger partial charge in [0.1, 0.15) is 11.5 Å². The Hall–Kier alpha value is -1.74. The highest BCUT2D eigenvalue weighted by molar-refractivity contribution is 5.30. The van der Waals surface area contributed by atoms with Crippen LogP contribution in [-0.2, 0) is 0 Å². The maximum absolute atomic E-state index is 8.96. The number of rotatable bonds is 8. The molecule has 0 aliphatic carbocycles. The van der Waals surface area contributed by atoms with Crippen LogP contribution in [0.3, 0.4) is 0 Å². The first kappa shape index (κ1) is 18.3. The molecular formula is C19H29NO2. The zero-order chi connectivity index (χ0) is 16.5. The number of likely N-dealkylation sites (N-methyl/N-ethyl adjacent to an activating group) is 1. The van der Waals surface area contributed by atoms with Crippen molar-refractivity contribution in [3.05, 3.63) is 53.4 Å². The summed E-state index contributed by atoms with van der Waals surface area (Å²) in [4.78, 5) is 2.02. The average molecular weight is 303 g/mol. The Labute approximate surface area is 134 Å². The number of ether oxygens (including phenoxy) is 1. The number of benzene rings is 1. The maximum atomic E-state index is 8.96. The summed E-state index contributed by atoms with van der Waals surface area (Å²) in [6.07, 6.45) is 4.86. The minimum Gasteiger partial charge on any atom is -0.462 e. The van der Waals surface area contributed by atoms with E-state index >= 15 is 0 Å². The van der Waals surface area contributed by atoms with E-state index in [0.29, 0.717) is 12.5 Å². The van der Waals surface area contributed by atoms with Gasteiger partial charge in [-0.1, -0.05) is 32.9 Å². The van der Waals surface area contributed by atoms with Gasteiger partial charge in [0.15, 0.2) is 0 Å². The number of aliphatic hydroxyl groups is 1. The molecule has 0 heterocycles. The summed E-state index contributed by atoms with van der Waals surface area (Å²) in [7, 11) is 1.97. The number of hydrogen-bond donors (Lipinski definition) is 1. The van der Waals surface area contributed by atoms with Crippen LogP contribution in [0, 0.1) is 0 Å². The van der Waals surface area contributed by atoms with Crippen molar-refractivity contribution < 1.29 is 9.84 Å². The van der Waals surface area contributed by atoms with Crippen LogP contribution in [0.5, 0.6) is 5.75 Å². The summed E-state index contributed by atoms with van der Waals surface area (Å²) in [5.41, 5.74) is 2.41. The van der Waals surface area contributed by atoms with E-state index in [1.165, 1.54) is 5.56 Å². The lowest BCUT2D eigenvalue weighted by Crippen LogP contribution is -2.19. The van der Waals surface area contributed by atoms with Crippen molar-refractivity contribution in [1.29, 1.82) is 0 Å². The predicted molar refractivity (Wildman–Crippen MR) is 93.0 cm³/mol. The molecule has 0 aliphatic rings. The van der Waals surface area contributed by atoms with Crippen molar-refractivity contribution in [2.24, 2.45) is 0 Å². The summed E-state index contributed by atoms with van der Waals surface area (Å²) < 4.78 is 5.94. The summed E-state index contributed by atoms with van der Waals surface area (Å²) in [5, 5.41) is 8.96. The van der Waals surface area contributed by atoms with Gasteiger partial charge in [0.2, 0.25) is 0 Å². The van der Waals surface area contributed by atoms with E-state index < -0.39 is 0 Å². The summed E-state index contributed by atoms with van der Waals surface area (Å²) in [6.45, 7) is 9.26. The van der Waals surface area contributed by atoms with Crippen molar-refractivity contribution in [2.45, 2.75) is 40.0 Å². The fourth-order valence-electron chi connectivity index (χ4n) is 1.96. The van der Waals surface area contributed by atoms with E-state index in [0.717, 1.165) is 23.6 Å². The monoisotopic (exact) mass is 303 g/mol. The molecule has 3 nitrogen and oxygen atoms in total. The Morgan fingerprint density at radius 3 is 2.36 bits per heavy atom. The van der Waals surface area contributed by atoms with E-state index in [1.807, 2.05) is 43.2 Å². The smallest absolute Gasteiger partial charge is 0.126 e. The molecule has 0 bridgehead atoms. The molecule has 0 atom stereocenters. The molecule has 0 amide bonds. The Morgan fingerprint density at radius 2 is 1.86 bits per heavy atom. The summed E-state index contributed by atoms with van der Waals surface area (Å²) in [5.74, 6) is 2.32. The van der Waals surface area contributed by atoms with Crippen LogP contribution in [-0.4, -0.2) is 30.2 Å². The maximum Gasteiger partial charge on any atom is 0.126 e. The van der Waals surface area contributed by atoms with Gasteiger partial charge in [-0.3, -0.25) is 0 Å². The number of allylic oxidation sites excluding steroid dienone is 4. The quantitative estimate of drug-likeness (QED) is 0.574. The predicted octanol–water partition coefficient (Wildman–Crippen LogP) is 4.31. The molecule has 0 aliphatic heterocycles. The van der Waals surface area contributed by atoms with Crippen molar-refractivity contribution >= 4 is 0 Å². The molecule has 122 valence electrons. The van der Waals surface area contributed by atoms with Crippen LogP contribution in [0.25, 0.3) is 0 Å². The van der Waals surface area contributed by atoms with Crippen LogP contribution >= 0.6 is 0 Å². The topological polar surface area (TPSA) is 32.7 Å². The second kappa shape index (κ2) is 9.31. The van der Waals surface area contributed by atoms with Crippen LogP contribution in [0.15, 0.2) is 47.9 Å². The molecule has 22 heavy (non-hydrogen) atoms. The molecular weight excluding hydrogens is 274 g/mol. The fourth-order valence-corrected chi connectivity index (χ4v) is 1.96. The standard InChI is InChI=1S/C19H29NO2/c1-6-18(10-7-16(4)20(5)13-14-21)22-19-11-8-17(9-12-19)15(2)3/h7-12,15,21H,6,13-14H2,1-5H3/b16-7+,18-10+. The third kappa shape index (κ3) is 5.94. The van der Waals surface area contributed by atoms with Crippen LogP contribution in [0.4, 0.5) is 0 Å². The Bertz CT molecular complexity index is 501. The fraction of sp³-hybridized carbons (Fsp3) is 0.474. The molecule has 0 saturated heterocycles. The molecule has 0 spiro atoms. The average Bonchev–Trinajstić information content (AvgIpc) is 2.51. The lowest BCUT2D eigenvalue weighted by molar-refractivity contribution is 0.246. The molecule has 0 fully saturated rings. The molecule has 1 rings (SSSR count). The molecule has 1 N–H and O–H groups in total. The zero-order valence-electron chi connectivity index (χ0n) is 14.5. The first-order chi connectivity index (χ1) is 10.5. The highest BCUT2D eigenvalue weighted by Crippen LogP contribution is 2.21. The van der Waals surface area contributed by atoms with E-state index in [1.54, 1.807) is 0 Å². The Balaban J connectivity index is 2.75. The van der Waals surface area contributed by atoms with Gasteiger partial charge < -0.3 is 14.7 Å². The highest BCUT2D eigenvalue weighted by Gasteiger charge is 2.02. The third-order valence-corrected chi connectivity index (χ3v) is 3.69.